The molecule has 0 aliphatic heterocycles. The maximum Gasteiger partial charge on any atom is 0.0505 e. The first-order valence-corrected chi connectivity index (χ1v) is 12.9. The molecular weight excluding hydrogens is 596 g/mol. The quantitative estimate of drug-likeness (QED) is 0.162. The van der Waals surface area contributed by atoms with Gasteiger partial charge >= 0.3 is 0 Å². The molecule has 0 bridgehead atoms. The molecule has 4 aromatic carbocycles. The fourth-order valence-corrected chi connectivity index (χ4v) is 7.26. The van der Waals surface area contributed by atoms with Crippen LogP contribution >= 0.6 is 92.8 Å². The highest BCUT2D eigenvalue weighted by atomic mass is 35.5. The Bertz CT molecular complexity index is 1390. The standard InChI is InChI=1S/C26H8Cl8/c27-9-1-13-14-2-10(28)6-18(32)22(14)25(21(13)17(31)5-9)26-23-15(3-11(29)7-19(23)33)16-4-12(30)8-20(34)24(16)26/h1-8H. The summed E-state index contributed by atoms with van der Waals surface area (Å²) in [6.07, 6.45) is 0. The van der Waals surface area contributed by atoms with Gasteiger partial charge in [0.1, 0.15) is 0 Å². The largest absolute Gasteiger partial charge is 0.0843 e. The zero-order valence-corrected chi connectivity index (χ0v) is 22.7. The average molecular weight is 604 g/mol. The molecular formula is C26H8Cl8. The Morgan fingerprint density at radius 2 is 0.500 bits per heavy atom. The third kappa shape index (κ3) is 3.35. The molecule has 34 heavy (non-hydrogen) atoms. The highest BCUT2D eigenvalue weighted by Gasteiger charge is 2.38. The normalized spacial score (nSPS) is 13.2. The van der Waals surface area contributed by atoms with Crippen molar-refractivity contribution in [1.82, 2.24) is 0 Å². The summed E-state index contributed by atoms with van der Waals surface area (Å²) in [6, 6.07) is 14.2. The van der Waals surface area contributed by atoms with Gasteiger partial charge in [-0.3, -0.25) is 0 Å². The minimum Gasteiger partial charge on any atom is -0.0843 e. The van der Waals surface area contributed by atoms with Gasteiger partial charge in [0.05, 0.1) is 20.1 Å². The molecule has 2 aliphatic carbocycles. The van der Waals surface area contributed by atoms with Crippen molar-refractivity contribution in [3.05, 3.63) is 111 Å². The molecule has 0 saturated heterocycles. The van der Waals surface area contributed by atoms with E-state index in [1.54, 1.807) is 24.3 Å². The fourth-order valence-electron chi connectivity index (χ4n) is 4.91. The van der Waals surface area contributed by atoms with Gasteiger partial charge in [0.25, 0.3) is 0 Å². The summed E-state index contributed by atoms with van der Waals surface area (Å²) in [5.41, 5.74) is 7.98. The summed E-state index contributed by atoms with van der Waals surface area (Å²) in [5.74, 6) is 0. The molecule has 168 valence electrons. The van der Waals surface area contributed by atoms with Crippen LogP contribution in [0, 0.1) is 0 Å². The molecule has 0 aromatic heterocycles. The van der Waals surface area contributed by atoms with Gasteiger partial charge in [-0.25, -0.2) is 0 Å². The number of hydrogen-bond donors (Lipinski definition) is 0. The molecule has 0 unspecified atom stereocenters. The lowest BCUT2D eigenvalue weighted by Crippen LogP contribution is -1.94. The van der Waals surface area contributed by atoms with Crippen LogP contribution in [0.5, 0.6) is 0 Å². The Morgan fingerprint density at radius 3 is 0.706 bits per heavy atom. The van der Waals surface area contributed by atoms with Crippen molar-refractivity contribution in [3.63, 3.8) is 0 Å². The molecule has 0 N–H and O–H groups in total. The SMILES string of the molecule is Clc1cc(Cl)c2c(c1)-c1cc(Cl)cc(Cl)c1C2=C1c2c(Cl)cc(Cl)cc2-c2cc(Cl)cc(Cl)c21. The van der Waals surface area contributed by atoms with Crippen LogP contribution in [0.25, 0.3) is 33.4 Å². The van der Waals surface area contributed by atoms with Crippen LogP contribution in [0.1, 0.15) is 22.3 Å². The molecule has 0 saturated carbocycles. The van der Waals surface area contributed by atoms with Gasteiger partial charge in [-0.15, -0.1) is 0 Å². The topological polar surface area (TPSA) is 0 Å². The second kappa shape index (κ2) is 8.23. The summed E-state index contributed by atoms with van der Waals surface area (Å²) in [7, 11) is 0. The number of rotatable bonds is 0. The van der Waals surface area contributed by atoms with Crippen molar-refractivity contribution in [2.45, 2.75) is 0 Å². The Kier molecular flexibility index (Phi) is 5.65. The Labute approximate surface area is 235 Å². The van der Waals surface area contributed by atoms with E-state index < -0.39 is 0 Å². The van der Waals surface area contributed by atoms with E-state index >= 15 is 0 Å². The van der Waals surface area contributed by atoms with Crippen molar-refractivity contribution in [1.29, 1.82) is 0 Å². The molecule has 0 spiro atoms. The van der Waals surface area contributed by atoms with Gasteiger partial charge in [-0.05, 0) is 70.8 Å². The van der Waals surface area contributed by atoms with E-state index in [1.165, 1.54) is 0 Å². The average Bonchev–Trinajstić information content (AvgIpc) is 3.21. The van der Waals surface area contributed by atoms with Crippen LogP contribution in [0.2, 0.25) is 40.2 Å². The smallest absolute Gasteiger partial charge is 0.0505 e. The Balaban J connectivity index is 1.89. The summed E-state index contributed by atoms with van der Waals surface area (Å²) in [6.45, 7) is 0. The van der Waals surface area contributed by atoms with Crippen LogP contribution in [-0.4, -0.2) is 0 Å². The summed E-state index contributed by atoms with van der Waals surface area (Å²) in [4.78, 5) is 0. The molecule has 0 amide bonds. The molecule has 0 nitrogen and oxygen atoms in total. The highest BCUT2D eigenvalue weighted by molar-refractivity contribution is 6.44. The number of benzene rings is 4. The Morgan fingerprint density at radius 1 is 0.294 bits per heavy atom. The molecule has 6 rings (SSSR count). The minimum absolute atomic E-state index is 0.471. The van der Waals surface area contributed by atoms with Crippen molar-refractivity contribution in [3.8, 4) is 22.3 Å². The lowest BCUT2D eigenvalue weighted by atomic mass is 9.91. The van der Waals surface area contributed by atoms with Crippen LogP contribution in [-0.2, 0) is 0 Å². The fraction of sp³-hybridized carbons (Fsp3) is 0. The third-order valence-electron chi connectivity index (χ3n) is 6.05. The number of hydrogen-bond acceptors (Lipinski definition) is 0. The van der Waals surface area contributed by atoms with E-state index in [1.807, 2.05) is 24.3 Å². The maximum absolute atomic E-state index is 6.81. The lowest BCUT2D eigenvalue weighted by molar-refractivity contribution is 1.62. The first kappa shape index (κ1) is 23.3. The predicted molar refractivity (Wildman–Crippen MR) is 149 cm³/mol. The van der Waals surface area contributed by atoms with E-state index in [-0.39, 0.29) is 0 Å². The monoisotopic (exact) mass is 600 g/mol. The van der Waals surface area contributed by atoms with Crippen LogP contribution in [0.15, 0.2) is 48.5 Å². The maximum atomic E-state index is 6.81. The number of halogens is 8. The zero-order chi connectivity index (χ0) is 24.0. The predicted octanol–water partition coefficient (Wildman–Crippen LogP) is 11.9. The van der Waals surface area contributed by atoms with Gasteiger partial charge in [0.2, 0.25) is 0 Å². The van der Waals surface area contributed by atoms with Crippen molar-refractivity contribution in [2.75, 3.05) is 0 Å². The highest BCUT2D eigenvalue weighted by Crippen LogP contribution is 2.60. The van der Waals surface area contributed by atoms with Crippen LogP contribution < -0.4 is 0 Å². The zero-order valence-electron chi connectivity index (χ0n) is 16.6. The summed E-state index contributed by atoms with van der Waals surface area (Å²) >= 11 is 52.8. The molecule has 2 aliphatic rings. The van der Waals surface area contributed by atoms with E-state index in [9.17, 15) is 0 Å². The molecule has 0 heterocycles. The minimum atomic E-state index is 0.471. The first-order valence-electron chi connectivity index (χ1n) is 9.88. The van der Waals surface area contributed by atoms with Gasteiger partial charge in [0, 0.05) is 53.5 Å². The molecule has 0 fully saturated rings. The van der Waals surface area contributed by atoms with Crippen LogP contribution in [0.4, 0.5) is 0 Å². The van der Waals surface area contributed by atoms with Crippen molar-refractivity contribution in [2.24, 2.45) is 0 Å². The van der Waals surface area contributed by atoms with E-state index in [2.05, 4.69) is 0 Å². The molecule has 0 atom stereocenters. The summed E-state index contributed by atoms with van der Waals surface area (Å²) in [5, 5.41) is 3.88. The molecule has 0 radical (unpaired) electrons. The van der Waals surface area contributed by atoms with Crippen molar-refractivity contribution < 1.29 is 0 Å². The summed E-state index contributed by atoms with van der Waals surface area (Å²) < 4.78 is 0. The van der Waals surface area contributed by atoms with E-state index in [0.717, 1.165) is 55.7 Å². The van der Waals surface area contributed by atoms with Gasteiger partial charge in [-0.2, -0.15) is 0 Å². The van der Waals surface area contributed by atoms with Gasteiger partial charge in [-0.1, -0.05) is 92.8 Å². The van der Waals surface area contributed by atoms with Gasteiger partial charge in [0.15, 0.2) is 0 Å². The Hall–Kier alpha value is -1.06. The van der Waals surface area contributed by atoms with Gasteiger partial charge < -0.3 is 0 Å². The molecule has 4 aromatic rings. The lowest BCUT2D eigenvalue weighted by Gasteiger charge is -2.15. The first-order chi connectivity index (χ1) is 16.2. The van der Waals surface area contributed by atoms with E-state index in [4.69, 9.17) is 92.8 Å². The second-order valence-corrected chi connectivity index (χ2v) is 11.4. The van der Waals surface area contributed by atoms with Crippen molar-refractivity contribution >= 4 is 104 Å². The second-order valence-electron chi connectivity index (χ2n) is 7.99. The number of fused-ring (bicyclic) bond motifs is 6. The molecule has 8 heteroatoms. The van der Waals surface area contributed by atoms with Crippen LogP contribution in [0.3, 0.4) is 0 Å². The van der Waals surface area contributed by atoms with E-state index in [0.29, 0.717) is 40.2 Å². The third-order valence-corrected chi connectivity index (χ3v) is 8.12.